The predicted octanol–water partition coefficient (Wildman–Crippen LogP) is 6.68. The Kier molecular flexibility index (Phi) is 4.34. The average Bonchev–Trinajstić information content (AvgIpc) is 3.79. The fourth-order valence-electron chi connectivity index (χ4n) is 13.6. The second-order valence-corrected chi connectivity index (χ2v) is 15.8. The van der Waals surface area contributed by atoms with E-state index in [0.717, 1.165) is 30.2 Å². The summed E-state index contributed by atoms with van der Waals surface area (Å²) in [4.78, 5) is 14.6. The molecule has 0 radical (unpaired) electrons. The first kappa shape index (κ1) is 24.0. The van der Waals surface area contributed by atoms with Crippen LogP contribution in [0.5, 0.6) is 0 Å². The SMILES string of the molecule is CCC1CN2CCC34C5=C(CC6(CN5c5ccccc53)C3=Nc5ccccc5C35CCN3CC(CC)C6CC35)C1CC24. The van der Waals surface area contributed by atoms with Gasteiger partial charge in [0, 0.05) is 54.2 Å². The molecule has 7 aliphatic heterocycles. The third kappa shape index (κ3) is 2.37. The van der Waals surface area contributed by atoms with E-state index in [1.807, 2.05) is 5.57 Å². The molecule has 216 valence electrons. The zero-order valence-electron chi connectivity index (χ0n) is 25.4. The van der Waals surface area contributed by atoms with Crippen molar-refractivity contribution in [1.29, 1.82) is 0 Å². The van der Waals surface area contributed by atoms with Gasteiger partial charge in [0.25, 0.3) is 0 Å². The van der Waals surface area contributed by atoms with E-state index in [9.17, 15) is 0 Å². The minimum Gasteiger partial charge on any atom is -0.343 e. The number of rotatable bonds is 2. The van der Waals surface area contributed by atoms with Crippen LogP contribution in [0, 0.1) is 29.1 Å². The van der Waals surface area contributed by atoms with Crippen LogP contribution in [-0.4, -0.2) is 60.3 Å². The second kappa shape index (κ2) is 7.61. The van der Waals surface area contributed by atoms with Crippen LogP contribution in [0.15, 0.2) is 64.8 Å². The molecule has 0 aromatic heterocycles. The number of para-hydroxylation sites is 2. The molecule has 0 N–H and O–H groups in total. The Morgan fingerprint density at radius 3 is 2.36 bits per heavy atom. The molecular weight excluding hydrogens is 512 g/mol. The number of allylic oxidation sites excluding steroid dienone is 1. The van der Waals surface area contributed by atoms with Gasteiger partial charge in [0.05, 0.1) is 16.5 Å². The highest BCUT2D eigenvalue weighted by atomic mass is 15.3. The van der Waals surface area contributed by atoms with Crippen molar-refractivity contribution in [3.63, 3.8) is 0 Å². The molecule has 3 spiro atoms. The van der Waals surface area contributed by atoms with Crippen molar-refractivity contribution < 1.29 is 0 Å². The molecule has 4 saturated heterocycles. The van der Waals surface area contributed by atoms with Gasteiger partial charge in [-0.05, 0) is 97.7 Å². The number of anilines is 1. The number of benzene rings is 2. The van der Waals surface area contributed by atoms with Crippen molar-refractivity contribution >= 4 is 17.1 Å². The zero-order valence-corrected chi connectivity index (χ0v) is 25.4. The molecular formula is C38H44N4. The third-order valence-corrected chi connectivity index (χ3v) is 15.0. The van der Waals surface area contributed by atoms with Gasteiger partial charge in [-0.15, -0.1) is 0 Å². The topological polar surface area (TPSA) is 22.1 Å². The lowest BCUT2D eigenvalue weighted by molar-refractivity contribution is -0.00363. The maximum absolute atomic E-state index is 5.84. The van der Waals surface area contributed by atoms with Crippen molar-refractivity contribution in [1.82, 2.24) is 9.80 Å². The molecule has 4 nitrogen and oxygen atoms in total. The molecule has 2 aromatic carbocycles. The average molecular weight is 557 g/mol. The van der Waals surface area contributed by atoms with Crippen LogP contribution in [0.2, 0.25) is 0 Å². The molecule has 4 heteroatoms. The number of aliphatic imine (C=N–C) groups is 1. The summed E-state index contributed by atoms with van der Waals surface area (Å²) in [6.45, 7) is 11.3. The summed E-state index contributed by atoms with van der Waals surface area (Å²) in [6.07, 6.45) is 9.22. The highest BCUT2D eigenvalue weighted by Gasteiger charge is 2.72. The van der Waals surface area contributed by atoms with Gasteiger partial charge in [0.15, 0.2) is 0 Å². The van der Waals surface area contributed by atoms with Gasteiger partial charge in [0.2, 0.25) is 0 Å². The van der Waals surface area contributed by atoms with Crippen molar-refractivity contribution in [2.24, 2.45) is 34.1 Å². The van der Waals surface area contributed by atoms with E-state index in [0.29, 0.717) is 12.1 Å². The van der Waals surface area contributed by atoms with Crippen LogP contribution in [0.3, 0.4) is 0 Å². The number of hydrogen-bond acceptors (Lipinski definition) is 4. The van der Waals surface area contributed by atoms with E-state index in [1.54, 1.807) is 28.2 Å². The summed E-state index contributed by atoms with van der Waals surface area (Å²) in [5.41, 5.74) is 11.9. The van der Waals surface area contributed by atoms with Crippen molar-refractivity contribution in [2.75, 3.05) is 37.6 Å². The molecule has 1 saturated carbocycles. The highest BCUT2D eigenvalue weighted by molar-refractivity contribution is 6.08. The van der Waals surface area contributed by atoms with Gasteiger partial charge in [-0.1, -0.05) is 63.1 Å². The van der Waals surface area contributed by atoms with Crippen LogP contribution >= 0.6 is 0 Å². The van der Waals surface area contributed by atoms with E-state index in [2.05, 4.69) is 77.1 Å². The van der Waals surface area contributed by atoms with Crippen LogP contribution < -0.4 is 4.90 Å². The second-order valence-electron chi connectivity index (χ2n) is 15.8. The largest absolute Gasteiger partial charge is 0.343 e. The van der Waals surface area contributed by atoms with Gasteiger partial charge in [-0.25, -0.2) is 0 Å². The number of fused-ring (bicyclic) bond motifs is 8. The number of hydrogen-bond donors (Lipinski definition) is 0. The predicted molar refractivity (Wildman–Crippen MR) is 168 cm³/mol. The molecule has 11 rings (SSSR count). The molecule has 0 amide bonds. The number of nitrogens with zero attached hydrogens (tertiary/aromatic N) is 4. The van der Waals surface area contributed by atoms with E-state index in [4.69, 9.17) is 4.99 Å². The quantitative estimate of drug-likeness (QED) is 0.412. The van der Waals surface area contributed by atoms with Crippen molar-refractivity contribution in [2.45, 2.75) is 81.7 Å². The Morgan fingerprint density at radius 1 is 0.810 bits per heavy atom. The summed E-state index contributed by atoms with van der Waals surface area (Å²) >= 11 is 0. The Bertz CT molecular complexity index is 1620. The Balaban J connectivity index is 1.20. The molecule has 42 heavy (non-hydrogen) atoms. The number of piperidine rings is 2. The van der Waals surface area contributed by atoms with E-state index in [1.165, 1.54) is 76.8 Å². The Morgan fingerprint density at radius 2 is 1.52 bits per heavy atom. The summed E-state index contributed by atoms with van der Waals surface area (Å²) in [5.74, 6) is 3.03. The Labute approximate surface area is 250 Å². The maximum atomic E-state index is 5.84. The summed E-state index contributed by atoms with van der Waals surface area (Å²) in [7, 11) is 0. The highest BCUT2D eigenvalue weighted by Crippen LogP contribution is 2.71. The monoisotopic (exact) mass is 556 g/mol. The fourth-order valence-corrected chi connectivity index (χ4v) is 13.6. The summed E-state index contributed by atoms with van der Waals surface area (Å²) in [6, 6.07) is 20.4. The van der Waals surface area contributed by atoms with Gasteiger partial charge >= 0.3 is 0 Å². The van der Waals surface area contributed by atoms with Crippen LogP contribution in [-0.2, 0) is 10.8 Å². The normalized spacial score (nSPS) is 45.2. The first-order valence-electron chi connectivity index (χ1n) is 17.4. The van der Waals surface area contributed by atoms with Gasteiger partial charge in [-0.3, -0.25) is 14.8 Å². The van der Waals surface area contributed by atoms with Crippen molar-refractivity contribution in [3.8, 4) is 0 Å². The van der Waals surface area contributed by atoms with E-state index in [-0.39, 0.29) is 16.2 Å². The lowest BCUT2D eigenvalue weighted by Crippen LogP contribution is -2.69. The third-order valence-electron chi connectivity index (χ3n) is 15.0. The Hall–Kier alpha value is -2.43. The molecule has 9 aliphatic rings. The molecule has 9 unspecified atom stereocenters. The summed E-state index contributed by atoms with van der Waals surface area (Å²) in [5, 5.41) is 0. The minimum atomic E-state index is 0.124. The van der Waals surface area contributed by atoms with Gasteiger partial charge in [-0.2, -0.15) is 0 Å². The molecule has 7 heterocycles. The first-order valence-corrected chi connectivity index (χ1v) is 17.4. The zero-order chi connectivity index (χ0) is 27.6. The van der Waals surface area contributed by atoms with Crippen LogP contribution in [0.25, 0.3) is 0 Å². The van der Waals surface area contributed by atoms with Crippen LogP contribution in [0.4, 0.5) is 11.4 Å². The maximum Gasteiger partial charge on any atom is 0.0671 e. The lowest BCUT2D eigenvalue weighted by atomic mass is 9.45. The lowest BCUT2D eigenvalue weighted by Gasteiger charge is -2.64. The van der Waals surface area contributed by atoms with E-state index < -0.39 is 0 Å². The standard InChI is InChI=1S/C38H44N4/c1-3-23-20-40-15-13-37-28-10-6-8-12-31(28)42-22-36(19-26(34(37)42)25(23)17-32(37)40)29-18-33-38(14-16-41(33)21-24(29)4-2)27-9-5-7-11-30(27)39-35(36)38/h5-12,23-25,29,32-33H,3-4,13-22H2,1-2H3. The first-order chi connectivity index (χ1) is 20.6. The molecule has 5 fully saturated rings. The van der Waals surface area contributed by atoms with Crippen molar-refractivity contribution in [3.05, 3.63) is 70.9 Å². The molecule has 9 atom stereocenters. The molecule has 2 aromatic rings. The van der Waals surface area contributed by atoms with Gasteiger partial charge in [0.1, 0.15) is 0 Å². The minimum absolute atomic E-state index is 0.124. The summed E-state index contributed by atoms with van der Waals surface area (Å²) < 4.78 is 0. The van der Waals surface area contributed by atoms with Crippen LogP contribution in [0.1, 0.15) is 69.9 Å². The van der Waals surface area contributed by atoms with E-state index >= 15 is 0 Å². The smallest absolute Gasteiger partial charge is 0.0671 e. The molecule has 4 bridgehead atoms. The fraction of sp³-hybridized carbons (Fsp3) is 0.605. The van der Waals surface area contributed by atoms with Gasteiger partial charge < -0.3 is 4.90 Å². The molecule has 2 aliphatic carbocycles.